The lowest BCUT2D eigenvalue weighted by Crippen LogP contribution is -2.23. The van der Waals surface area contributed by atoms with E-state index in [1.165, 1.54) is 31.5 Å². The predicted molar refractivity (Wildman–Crippen MR) is 66.7 cm³/mol. The van der Waals surface area contributed by atoms with Crippen LogP contribution in [0.15, 0.2) is 12.3 Å². The fourth-order valence-electron chi connectivity index (χ4n) is 2.10. The summed E-state index contributed by atoms with van der Waals surface area (Å²) in [7, 11) is 0. The second-order valence-electron chi connectivity index (χ2n) is 4.34. The first-order chi connectivity index (χ1) is 8.16. The van der Waals surface area contributed by atoms with Crippen LogP contribution in [0.1, 0.15) is 42.5 Å². The van der Waals surface area contributed by atoms with Gasteiger partial charge in [0.2, 0.25) is 0 Å². The molecule has 1 aromatic rings. The molecule has 17 heavy (non-hydrogen) atoms. The van der Waals surface area contributed by atoms with Crippen LogP contribution in [0.25, 0.3) is 0 Å². The zero-order chi connectivity index (χ0) is 12.3. The van der Waals surface area contributed by atoms with E-state index >= 15 is 0 Å². The van der Waals surface area contributed by atoms with Crippen LogP contribution < -0.4 is 5.32 Å². The van der Waals surface area contributed by atoms with Gasteiger partial charge in [0.1, 0.15) is 5.82 Å². The average molecular weight is 255 g/mol. The third kappa shape index (κ3) is 3.09. The van der Waals surface area contributed by atoms with Crippen LogP contribution in [0, 0.1) is 0 Å². The Morgan fingerprint density at radius 2 is 2.12 bits per heavy atom. The molecule has 1 heterocycles. The highest BCUT2D eigenvalue weighted by molar-refractivity contribution is 6.33. The van der Waals surface area contributed by atoms with Crippen molar-refractivity contribution in [3.63, 3.8) is 0 Å². The summed E-state index contributed by atoms with van der Waals surface area (Å²) in [6, 6.07) is 1.84. The summed E-state index contributed by atoms with van der Waals surface area (Å²) < 4.78 is 0. The van der Waals surface area contributed by atoms with Crippen LogP contribution in [0.5, 0.6) is 0 Å². The van der Waals surface area contributed by atoms with Crippen LogP contribution in [-0.2, 0) is 0 Å². The Morgan fingerprint density at radius 3 is 2.71 bits per heavy atom. The molecule has 0 spiro atoms. The molecule has 0 aromatic carbocycles. The maximum atomic E-state index is 10.7. The number of carboxylic acids is 1. The van der Waals surface area contributed by atoms with E-state index in [1.807, 2.05) is 0 Å². The highest BCUT2D eigenvalue weighted by atomic mass is 35.5. The number of nitrogens with one attached hydrogen (secondary N) is 1. The van der Waals surface area contributed by atoms with Gasteiger partial charge >= 0.3 is 5.97 Å². The van der Waals surface area contributed by atoms with E-state index in [0.29, 0.717) is 16.9 Å². The number of carbonyl (C=O) groups is 1. The number of halogens is 1. The molecule has 4 nitrogen and oxygen atoms in total. The fraction of sp³-hybridized carbons (Fsp3) is 0.500. The molecule has 1 saturated carbocycles. The molecule has 1 aromatic heterocycles. The molecule has 0 unspecified atom stereocenters. The van der Waals surface area contributed by atoms with E-state index in [2.05, 4.69) is 10.3 Å². The van der Waals surface area contributed by atoms with E-state index in [-0.39, 0.29) is 5.56 Å². The number of aromatic nitrogens is 1. The smallest absolute Gasteiger partial charge is 0.337 e. The number of pyridine rings is 1. The number of rotatable bonds is 3. The molecule has 0 radical (unpaired) electrons. The Kier molecular flexibility index (Phi) is 3.84. The van der Waals surface area contributed by atoms with E-state index in [0.717, 1.165) is 12.8 Å². The lowest BCUT2D eigenvalue weighted by molar-refractivity contribution is 0.0696. The second kappa shape index (κ2) is 5.36. The summed E-state index contributed by atoms with van der Waals surface area (Å²) in [6.07, 6.45) is 7.32. The molecule has 0 aliphatic heterocycles. The molecule has 92 valence electrons. The van der Waals surface area contributed by atoms with Gasteiger partial charge in [-0.15, -0.1) is 0 Å². The summed E-state index contributed by atoms with van der Waals surface area (Å²) in [5.74, 6) is -0.424. The Balaban J connectivity index is 2.08. The van der Waals surface area contributed by atoms with Gasteiger partial charge in [-0.2, -0.15) is 0 Å². The van der Waals surface area contributed by atoms with Gasteiger partial charge in [0.15, 0.2) is 0 Å². The third-order valence-corrected chi connectivity index (χ3v) is 3.32. The molecule has 0 saturated heterocycles. The van der Waals surface area contributed by atoms with Crippen LogP contribution in [-0.4, -0.2) is 22.1 Å². The Morgan fingerprint density at radius 1 is 1.41 bits per heavy atom. The topological polar surface area (TPSA) is 62.2 Å². The molecule has 2 rings (SSSR count). The maximum Gasteiger partial charge on any atom is 0.337 e. The molecule has 5 heteroatoms. The van der Waals surface area contributed by atoms with Gasteiger partial charge in [0.25, 0.3) is 0 Å². The molecule has 1 aliphatic carbocycles. The zero-order valence-electron chi connectivity index (χ0n) is 9.45. The molecule has 2 N–H and O–H groups in total. The number of hydrogen-bond acceptors (Lipinski definition) is 3. The Labute approximate surface area is 105 Å². The standard InChI is InChI=1S/C12H15ClN2O2/c13-10-6-8(12(16)17)7-14-11(10)15-9-4-2-1-3-5-9/h6-7,9H,1-5H2,(H,14,15)(H,16,17). The minimum Gasteiger partial charge on any atom is -0.478 e. The Hall–Kier alpha value is -1.29. The monoisotopic (exact) mass is 254 g/mol. The second-order valence-corrected chi connectivity index (χ2v) is 4.75. The van der Waals surface area contributed by atoms with Crippen molar-refractivity contribution < 1.29 is 9.90 Å². The minimum atomic E-state index is -1.01. The van der Waals surface area contributed by atoms with Crippen molar-refractivity contribution in [3.05, 3.63) is 22.8 Å². The molecule has 0 bridgehead atoms. The Bertz CT molecular complexity index is 417. The van der Waals surface area contributed by atoms with E-state index in [4.69, 9.17) is 16.7 Å². The lowest BCUT2D eigenvalue weighted by atomic mass is 9.95. The molecule has 1 aliphatic rings. The zero-order valence-corrected chi connectivity index (χ0v) is 10.2. The number of aromatic carboxylic acids is 1. The van der Waals surface area contributed by atoms with Crippen LogP contribution >= 0.6 is 11.6 Å². The first-order valence-electron chi connectivity index (χ1n) is 5.82. The molecule has 0 atom stereocenters. The summed E-state index contributed by atoms with van der Waals surface area (Å²) in [6.45, 7) is 0. The van der Waals surface area contributed by atoms with Gasteiger partial charge in [-0.25, -0.2) is 9.78 Å². The van der Waals surface area contributed by atoms with Crippen molar-refractivity contribution in [1.82, 2.24) is 4.98 Å². The first kappa shape index (κ1) is 12.2. The van der Waals surface area contributed by atoms with Crippen LogP contribution in [0.4, 0.5) is 5.82 Å². The van der Waals surface area contributed by atoms with Crippen molar-refractivity contribution in [2.45, 2.75) is 38.1 Å². The summed E-state index contributed by atoms with van der Waals surface area (Å²) in [4.78, 5) is 14.8. The minimum absolute atomic E-state index is 0.115. The lowest BCUT2D eigenvalue weighted by Gasteiger charge is -2.23. The van der Waals surface area contributed by atoms with Crippen LogP contribution in [0.2, 0.25) is 5.02 Å². The largest absolute Gasteiger partial charge is 0.478 e. The maximum absolute atomic E-state index is 10.7. The van der Waals surface area contributed by atoms with Crippen molar-refractivity contribution in [2.75, 3.05) is 5.32 Å². The predicted octanol–water partition coefficient (Wildman–Crippen LogP) is 3.18. The number of anilines is 1. The van der Waals surface area contributed by atoms with Crippen molar-refractivity contribution in [2.24, 2.45) is 0 Å². The highest BCUT2D eigenvalue weighted by Crippen LogP contribution is 2.25. The van der Waals surface area contributed by atoms with E-state index < -0.39 is 5.97 Å². The normalized spacial score (nSPS) is 16.8. The number of nitrogens with zero attached hydrogens (tertiary/aromatic N) is 1. The quantitative estimate of drug-likeness (QED) is 0.870. The summed E-state index contributed by atoms with van der Waals surface area (Å²) in [5, 5.41) is 12.5. The number of carboxylic acid groups (broad SMARTS) is 1. The van der Waals surface area contributed by atoms with Crippen molar-refractivity contribution in [3.8, 4) is 0 Å². The van der Waals surface area contributed by atoms with Gasteiger partial charge in [-0.3, -0.25) is 0 Å². The van der Waals surface area contributed by atoms with Gasteiger partial charge in [0.05, 0.1) is 10.6 Å². The fourth-order valence-corrected chi connectivity index (χ4v) is 2.32. The van der Waals surface area contributed by atoms with Gasteiger partial charge in [-0.1, -0.05) is 30.9 Å². The molecular weight excluding hydrogens is 240 g/mol. The van der Waals surface area contributed by atoms with Gasteiger partial charge in [-0.05, 0) is 18.9 Å². The van der Waals surface area contributed by atoms with E-state index in [1.54, 1.807) is 0 Å². The van der Waals surface area contributed by atoms with Crippen molar-refractivity contribution in [1.29, 1.82) is 0 Å². The number of hydrogen-bond donors (Lipinski definition) is 2. The summed E-state index contributed by atoms with van der Waals surface area (Å²) in [5.41, 5.74) is 0.115. The van der Waals surface area contributed by atoms with Crippen LogP contribution in [0.3, 0.4) is 0 Å². The highest BCUT2D eigenvalue weighted by Gasteiger charge is 2.15. The molecule has 0 amide bonds. The summed E-state index contributed by atoms with van der Waals surface area (Å²) >= 11 is 6.00. The van der Waals surface area contributed by atoms with Gasteiger partial charge < -0.3 is 10.4 Å². The van der Waals surface area contributed by atoms with Gasteiger partial charge in [0, 0.05) is 12.2 Å². The third-order valence-electron chi connectivity index (χ3n) is 3.03. The average Bonchev–Trinajstić information content (AvgIpc) is 2.33. The van der Waals surface area contributed by atoms with Crippen molar-refractivity contribution >= 4 is 23.4 Å². The first-order valence-corrected chi connectivity index (χ1v) is 6.20. The SMILES string of the molecule is O=C(O)c1cnc(NC2CCCCC2)c(Cl)c1. The molecule has 1 fully saturated rings. The molecular formula is C12H15ClN2O2. The van der Waals surface area contributed by atoms with E-state index in [9.17, 15) is 4.79 Å².